The van der Waals surface area contributed by atoms with Gasteiger partial charge in [-0.2, -0.15) is 0 Å². The van der Waals surface area contributed by atoms with Crippen molar-refractivity contribution in [3.05, 3.63) is 36.3 Å². The number of amides is 2. The Hall–Kier alpha value is -3.38. The van der Waals surface area contributed by atoms with Crippen molar-refractivity contribution in [3.8, 4) is 5.88 Å². The molecule has 12 heteroatoms. The molecule has 0 radical (unpaired) electrons. The number of ether oxygens (including phenoxy) is 3. The fourth-order valence-electron chi connectivity index (χ4n) is 4.44. The van der Waals surface area contributed by atoms with Gasteiger partial charge in [-0.25, -0.2) is 9.18 Å². The van der Waals surface area contributed by atoms with Crippen molar-refractivity contribution in [3.63, 3.8) is 0 Å². The monoisotopic (exact) mass is 489 g/mol. The SMILES string of the molecule is O=C(CN1CCOCC1)N1CCN(c2ccc(N3C[C@H](COc4ccon4)OC3=O)cc2F)CC1. The Morgan fingerprint density at radius 2 is 1.91 bits per heavy atom. The molecule has 3 fully saturated rings. The van der Waals surface area contributed by atoms with Crippen LogP contribution in [-0.2, 0) is 14.3 Å². The second-order valence-corrected chi connectivity index (χ2v) is 8.66. The maximum Gasteiger partial charge on any atom is 0.414 e. The molecule has 1 atom stereocenters. The lowest BCUT2D eigenvalue weighted by atomic mass is 10.2. The second-order valence-electron chi connectivity index (χ2n) is 8.66. The van der Waals surface area contributed by atoms with Crippen LogP contribution in [0.25, 0.3) is 0 Å². The minimum absolute atomic E-state index is 0.0944. The van der Waals surface area contributed by atoms with E-state index in [0.29, 0.717) is 63.2 Å². The Labute approximate surface area is 201 Å². The number of benzene rings is 1. The highest BCUT2D eigenvalue weighted by atomic mass is 19.1. The maximum absolute atomic E-state index is 15.0. The molecule has 3 aliphatic rings. The number of nitrogens with zero attached hydrogens (tertiary/aromatic N) is 5. The maximum atomic E-state index is 15.0. The number of cyclic esters (lactones) is 1. The number of hydrogen-bond donors (Lipinski definition) is 0. The summed E-state index contributed by atoms with van der Waals surface area (Å²) in [4.78, 5) is 32.2. The van der Waals surface area contributed by atoms with Crippen LogP contribution < -0.4 is 14.5 Å². The first-order valence-corrected chi connectivity index (χ1v) is 11.7. The van der Waals surface area contributed by atoms with E-state index in [1.807, 2.05) is 9.80 Å². The fraction of sp³-hybridized carbons (Fsp3) is 0.522. The van der Waals surface area contributed by atoms with Gasteiger partial charge in [0.05, 0.1) is 37.7 Å². The van der Waals surface area contributed by atoms with Crippen LogP contribution in [0.3, 0.4) is 0 Å². The fourth-order valence-corrected chi connectivity index (χ4v) is 4.44. The van der Waals surface area contributed by atoms with Gasteiger partial charge >= 0.3 is 6.09 Å². The van der Waals surface area contributed by atoms with Crippen molar-refractivity contribution in [1.82, 2.24) is 15.0 Å². The zero-order valence-corrected chi connectivity index (χ0v) is 19.3. The van der Waals surface area contributed by atoms with E-state index in [0.717, 1.165) is 13.1 Å². The number of morpholine rings is 1. The van der Waals surface area contributed by atoms with Crippen molar-refractivity contribution < 1.29 is 32.7 Å². The summed E-state index contributed by atoms with van der Waals surface area (Å²) < 4.78 is 35.8. The molecule has 0 unspecified atom stereocenters. The molecule has 0 saturated carbocycles. The largest absolute Gasteiger partial charge is 0.471 e. The number of hydrogen-bond acceptors (Lipinski definition) is 9. The van der Waals surface area contributed by atoms with Crippen molar-refractivity contribution >= 4 is 23.4 Å². The number of carbonyl (C=O) groups is 2. The summed E-state index contributed by atoms with van der Waals surface area (Å²) in [6.45, 7) is 5.74. The van der Waals surface area contributed by atoms with Gasteiger partial charge in [-0.05, 0) is 23.4 Å². The molecule has 2 aromatic rings. The first-order valence-electron chi connectivity index (χ1n) is 11.7. The molecule has 2 amide bonds. The van der Waals surface area contributed by atoms with Gasteiger partial charge in [-0.15, -0.1) is 0 Å². The zero-order chi connectivity index (χ0) is 24.2. The number of halogens is 1. The van der Waals surface area contributed by atoms with Crippen LogP contribution in [0.1, 0.15) is 0 Å². The van der Waals surface area contributed by atoms with Gasteiger partial charge < -0.3 is 28.5 Å². The van der Waals surface area contributed by atoms with E-state index in [1.54, 1.807) is 18.2 Å². The molecule has 11 nitrogen and oxygen atoms in total. The van der Waals surface area contributed by atoms with Crippen LogP contribution in [0, 0.1) is 5.82 Å². The number of rotatable bonds is 7. The molecule has 188 valence electrons. The van der Waals surface area contributed by atoms with Gasteiger partial charge in [0.15, 0.2) is 6.10 Å². The first-order chi connectivity index (χ1) is 17.1. The highest BCUT2D eigenvalue weighted by Crippen LogP contribution is 2.29. The van der Waals surface area contributed by atoms with Gasteiger partial charge in [0.25, 0.3) is 5.88 Å². The third-order valence-electron chi connectivity index (χ3n) is 6.38. The van der Waals surface area contributed by atoms with Gasteiger partial charge in [-0.1, -0.05) is 0 Å². The Morgan fingerprint density at radius 1 is 1.11 bits per heavy atom. The van der Waals surface area contributed by atoms with Crippen LogP contribution in [0.5, 0.6) is 5.88 Å². The quantitative estimate of drug-likeness (QED) is 0.568. The number of anilines is 2. The smallest absolute Gasteiger partial charge is 0.414 e. The number of aromatic nitrogens is 1. The highest BCUT2D eigenvalue weighted by Gasteiger charge is 2.34. The van der Waals surface area contributed by atoms with E-state index >= 15 is 4.39 Å². The Morgan fingerprint density at radius 3 is 2.63 bits per heavy atom. The predicted molar refractivity (Wildman–Crippen MR) is 122 cm³/mol. The summed E-state index contributed by atoms with van der Waals surface area (Å²) in [5.41, 5.74) is 0.868. The first kappa shape index (κ1) is 23.4. The van der Waals surface area contributed by atoms with Crippen LogP contribution in [0.2, 0.25) is 0 Å². The van der Waals surface area contributed by atoms with Crippen LogP contribution in [-0.4, -0.2) is 105 Å². The Bertz CT molecular complexity index is 1020. The summed E-state index contributed by atoms with van der Waals surface area (Å²) in [7, 11) is 0. The summed E-state index contributed by atoms with van der Waals surface area (Å²) >= 11 is 0. The minimum atomic E-state index is -0.557. The molecule has 3 saturated heterocycles. The lowest BCUT2D eigenvalue weighted by Crippen LogP contribution is -2.52. The predicted octanol–water partition coefficient (Wildman–Crippen LogP) is 1.20. The van der Waals surface area contributed by atoms with Crippen molar-refractivity contribution in [2.24, 2.45) is 0 Å². The molecule has 1 aromatic heterocycles. The molecule has 0 aliphatic carbocycles. The third-order valence-corrected chi connectivity index (χ3v) is 6.38. The van der Waals surface area contributed by atoms with Crippen LogP contribution in [0.15, 0.2) is 35.1 Å². The number of piperazine rings is 1. The molecule has 35 heavy (non-hydrogen) atoms. The van der Waals surface area contributed by atoms with Crippen molar-refractivity contribution in [1.29, 1.82) is 0 Å². The molecule has 0 bridgehead atoms. The lowest BCUT2D eigenvalue weighted by molar-refractivity contribution is -0.133. The third kappa shape index (κ3) is 5.49. The lowest BCUT2D eigenvalue weighted by Gasteiger charge is -2.37. The molecule has 3 aliphatic heterocycles. The topological polar surface area (TPSA) is 101 Å². The van der Waals surface area contributed by atoms with Crippen LogP contribution in [0.4, 0.5) is 20.6 Å². The van der Waals surface area contributed by atoms with Crippen molar-refractivity contribution in [2.75, 3.05) is 82.0 Å². The van der Waals surface area contributed by atoms with E-state index in [2.05, 4.69) is 10.1 Å². The summed E-state index contributed by atoms with van der Waals surface area (Å²) in [6.07, 6.45) is 0.318. The van der Waals surface area contributed by atoms with E-state index in [9.17, 15) is 9.59 Å². The Kier molecular flexibility index (Phi) is 7.00. The average molecular weight is 490 g/mol. The van der Waals surface area contributed by atoms with Gasteiger partial charge in [0.1, 0.15) is 18.7 Å². The van der Waals surface area contributed by atoms with E-state index < -0.39 is 18.0 Å². The van der Waals surface area contributed by atoms with Crippen LogP contribution >= 0.6 is 0 Å². The molecular formula is C23H28FN5O6. The molecule has 4 heterocycles. The average Bonchev–Trinajstić information content (AvgIpc) is 3.53. The summed E-state index contributed by atoms with van der Waals surface area (Å²) in [5, 5.41) is 3.65. The normalized spacial score (nSPS) is 21.3. The molecule has 5 rings (SSSR count). The zero-order valence-electron chi connectivity index (χ0n) is 19.3. The van der Waals surface area contributed by atoms with Gasteiger partial charge in [0.2, 0.25) is 5.91 Å². The summed E-state index contributed by atoms with van der Waals surface area (Å²) in [6, 6.07) is 6.27. The van der Waals surface area contributed by atoms with E-state index in [1.165, 1.54) is 17.2 Å². The van der Waals surface area contributed by atoms with Gasteiger partial charge in [0, 0.05) is 45.3 Å². The van der Waals surface area contributed by atoms with E-state index in [-0.39, 0.29) is 19.1 Å². The molecule has 0 N–H and O–H groups in total. The number of carbonyl (C=O) groups excluding carboxylic acids is 2. The minimum Gasteiger partial charge on any atom is -0.471 e. The standard InChI is InChI=1S/C23H28FN5O6/c24-19-13-17(29-14-18(35-23(29)31)16-33-21-3-10-34-25-21)1-2-20(19)27-4-6-28(7-5-27)22(30)15-26-8-11-32-12-9-26/h1-3,10,13,18H,4-9,11-12,14-16H2/t18-/m1/s1. The van der Waals surface area contributed by atoms with E-state index in [4.69, 9.17) is 18.7 Å². The molecule has 1 aromatic carbocycles. The summed E-state index contributed by atoms with van der Waals surface area (Å²) in [5.74, 6) is -0.0273. The van der Waals surface area contributed by atoms with Crippen molar-refractivity contribution in [2.45, 2.75) is 6.10 Å². The second kappa shape index (κ2) is 10.5. The van der Waals surface area contributed by atoms with Gasteiger partial charge in [-0.3, -0.25) is 14.6 Å². The molecular weight excluding hydrogens is 461 g/mol. The molecule has 0 spiro atoms. The highest BCUT2D eigenvalue weighted by molar-refractivity contribution is 5.90. The Balaban J connectivity index is 1.14.